The van der Waals surface area contributed by atoms with Crippen LogP contribution in [0.2, 0.25) is 0 Å². The highest BCUT2D eigenvalue weighted by Gasteiger charge is 2.31. The maximum atomic E-state index is 13.1. The predicted molar refractivity (Wildman–Crippen MR) is 112 cm³/mol. The van der Waals surface area contributed by atoms with E-state index in [1.54, 1.807) is 34.4 Å². The van der Waals surface area contributed by atoms with Crippen LogP contribution in [0.4, 0.5) is 18.9 Å². The molecule has 2 heterocycles. The van der Waals surface area contributed by atoms with Crippen LogP contribution < -0.4 is 14.5 Å². The summed E-state index contributed by atoms with van der Waals surface area (Å²) in [5.74, 6) is 0.136. The Hall–Kier alpha value is -3.46. The molecule has 1 amide bonds. The Morgan fingerprint density at radius 1 is 1.06 bits per heavy atom. The Bertz CT molecular complexity index is 1270. The molecule has 0 spiro atoms. The number of rotatable bonds is 4. The molecule has 0 fully saturated rings. The summed E-state index contributed by atoms with van der Waals surface area (Å²) in [6, 6.07) is 17.0. The Kier molecular flexibility index (Phi) is 5.36. The third-order valence-corrected chi connectivity index (χ3v) is 5.14. The normalized spacial score (nSPS) is 11.5. The molecule has 0 aliphatic rings. The van der Waals surface area contributed by atoms with Crippen molar-refractivity contribution in [3.63, 3.8) is 0 Å². The van der Waals surface area contributed by atoms with Crippen LogP contribution in [0.25, 0.3) is 11.3 Å². The molecule has 0 aliphatic carbocycles. The standard InChI is InChI=1S/C22H16F3N3O2S/c1-30-17-6-4-5-16(13-17)28-18-7-2-3-12-27(18)19(21(28)31)20(29)26-15-10-8-14(9-11-15)22(23,24)25/h2-13H,1H3,(H-,26,29,31)/p+1. The SMILES string of the molecule is COc1cccc(-n2c(S)c(C(=O)Nc3ccc(C(F)(F)F)cc3)[n+]3ccccc23)c1. The molecule has 4 aromatic rings. The third kappa shape index (κ3) is 3.96. The molecule has 158 valence electrons. The Morgan fingerprint density at radius 2 is 1.81 bits per heavy atom. The highest BCUT2D eigenvalue weighted by atomic mass is 32.1. The third-order valence-electron chi connectivity index (χ3n) is 4.73. The van der Waals surface area contributed by atoms with Gasteiger partial charge in [-0.05, 0) is 42.5 Å². The zero-order valence-electron chi connectivity index (χ0n) is 16.2. The molecule has 2 aromatic heterocycles. The molecule has 0 unspecified atom stereocenters. The molecule has 4 rings (SSSR count). The lowest BCUT2D eigenvalue weighted by atomic mass is 10.2. The van der Waals surface area contributed by atoms with E-state index in [4.69, 9.17) is 4.74 Å². The van der Waals surface area contributed by atoms with E-state index in [-0.39, 0.29) is 11.4 Å². The average Bonchev–Trinajstić information content (AvgIpc) is 3.05. The average molecular weight is 444 g/mol. The molecule has 0 aliphatic heterocycles. The summed E-state index contributed by atoms with van der Waals surface area (Å²) < 4.78 is 47.1. The first kappa shape index (κ1) is 20.8. The molecule has 9 heteroatoms. The number of fused-ring (bicyclic) bond motifs is 1. The van der Waals surface area contributed by atoms with Gasteiger partial charge in [-0.2, -0.15) is 22.1 Å². The zero-order chi connectivity index (χ0) is 22.2. The van der Waals surface area contributed by atoms with E-state index in [0.717, 1.165) is 17.8 Å². The van der Waals surface area contributed by atoms with Crippen LogP contribution in [0.15, 0.2) is 78.0 Å². The van der Waals surface area contributed by atoms with E-state index in [1.807, 2.05) is 30.3 Å². The highest BCUT2D eigenvalue weighted by Crippen LogP contribution is 2.30. The summed E-state index contributed by atoms with van der Waals surface area (Å²) in [4.78, 5) is 13.1. The van der Waals surface area contributed by atoms with E-state index in [0.29, 0.717) is 16.4 Å². The van der Waals surface area contributed by atoms with Gasteiger partial charge >= 0.3 is 12.1 Å². The predicted octanol–water partition coefficient (Wildman–Crippen LogP) is 4.78. The minimum absolute atomic E-state index is 0.238. The van der Waals surface area contributed by atoms with Gasteiger partial charge in [-0.1, -0.05) is 24.8 Å². The zero-order valence-corrected chi connectivity index (χ0v) is 17.1. The smallest absolute Gasteiger partial charge is 0.416 e. The quantitative estimate of drug-likeness (QED) is 0.351. The molecule has 0 saturated carbocycles. The molecule has 5 nitrogen and oxygen atoms in total. The van der Waals surface area contributed by atoms with Gasteiger partial charge in [0, 0.05) is 17.8 Å². The fourth-order valence-corrected chi connectivity index (χ4v) is 3.70. The number of amides is 1. The van der Waals surface area contributed by atoms with Crippen molar-refractivity contribution in [2.45, 2.75) is 11.2 Å². The second kappa shape index (κ2) is 7.99. The number of nitrogens with one attached hydrogen (secondary N) is 1. The van der Waals surface area contributed by atoms with E-state index >= 15 is 0 Å². The second-order valence-corrected chi connectivity index (χ2v) is 7.09. The van der Waals surface area contributed by atoms with Crippen LogP contribution in [-0.4, -0.2) is 17.6 Å². The fourth-order valence-electron chi connectivity index (χ4n) is 3.28. The molecular formula is C22H17F3N3O2S+. The first-order chi connectivity index (χ1) is 14.8. The lowest BCUT2D eigenvalue weighted by molar-refractivity contribution is -0.514. The number of carbonyl (C=O) groups is 1. The van der Waals surface area contributed by atoms with Gasteiger partial charge < -0.3 is 10.1 Å². The summed E-state index contributed by atoms with van der Waals surface area (Å²) in [5, 5.41) is 3.01. The maximum absolute atomic E-state index is 13.1. The molecule has 1 N–H and O–H groups in total. The number of aromatic nitrogens is 2. The summed E-state index contributed by atoms with van der Waals surface area (Å²) in [6.07, 6.45) is -2.73. The van der Waals surface area contributed by atoms with Gasteiger partial charge in [0.25, 0.3) is 11.3 Å². The van der Waals surface area contributed by atoms with Crippen molar-refractivity contribution in [1.82, 2.24) is 4.57 Å². The topological polar surface area (TPSA) is 47.4 Å². The number of anilines is 1. The van der Waals surface area contributed by atoms with Gasteiger partial charge in [0.2, 0.25) is 5.03 Å². The summed E-state index contributed by atoms with van der Waals surface area (Å²) in [5.41, 5.74) is 1.11. The number of hydrogen-bond donors (Lipinski definition) is 2. The van der Waals surface area contributed by atoms with E-state index in [9.17, 15) is 18.0 Å². The fraction of sp³-hybridized carbons (Fsp3) is 0.0909. The number of halogens is 3. The van der Waals surface area contributed by atoms with Gasteiger partial charge in [0.05, 0.1) is 18.9 Å². The maximum Gasteiger partial charge on any atom is 0.416 e. The van der Waals surface area contributed by atoms with E-state index in [1.165, 1.54) is 12.1 Å². The summed E-state index contributed by atoms with van der Waals surface area (Å²) in [6.45, 7) is 0. The number of thiol groups is 1. The first-order valence-electron chi connectivity index (χ1n) is 9.16. The van der Waals surface area contributed by atoms with E-state index in [2.05, 4.69) is 17.9 Å². The van der Waals surface area contributed by atoms with Crippen LogP contribution in [0.3, 0.4) is 0 Å². The number of alkyl halides is 3. The number of imidazole rings is 1. The molecule has 0 atom stereocenters. The Morgan fingerprint density at radius 3 is 2.48 bits per heavy atom. The van der Waals surface area contributed by atoms with Gasteiger partial charge in [0.15, 0.2) is 0 Å². The number of ether oxygens (including phenoxy) is 1. The van der Waals surface area contributed by atoms with Crippen molar-refractivity contribution in [2.24, 2.45) is 0 Å². The minimum atomic E-state index is -4.44. The van der Waals surface area contributed by atoms with Crippen LogP contribution in [0.1, 0.15) is 16.1 Å². The van der Waals surface area contributed by atoms with Crippen molar-refractivity contribution < 1.29 is 27.1 Å². The second-order valence-electron chi connectivity index (χ2n) is 6.67. The monoisotopic (exact) mass is 444 g/mol. The molecule has 31 heavy (non-hydrogen) atoms. The van der Waals surface area contributed by atoms with Crippen LogP contribution in [-0.2, 0) is 6.18 Å². The first-order valence-corrected chi connectivity index (χ1v) is 9.61. The number of nitrogens with zero attached hydrogens (tertiary/aromatic N) is 2. The Labute approximate surface area is 181 Å². The number of pyridine rings is 1. The van der Waals surface area contributed by atoms with Crippen LogP contribution in [0.5, 0.6) is 5.75 Å². The number of benzene rings is 2. The van der Waals surface area contributed by atoms with Crippen molar-refractivity contribution in [3.05, 3.63) is 84.2 Å². The van der Waals surface area contributed by atoms with Gasteiger partial charge in [0.1, 0.15) is 11.4 Å². The minimum Gasteiger partial charge on any atom is -0.497 e. The number of methoxy groups -OCH3 is 1. The number of carbonyl (C=O) groups excluding carboxylic acids is 1. The van der Waals surface area contributed by atoms with Crippen LogP contribution >= 0.6 is 12.6 Å². The van der Waals surface area contributed by atoms with Crippen molar-refractivity contribution >= 4 is 29.9 Å². The number of hydrogen-bond acceptors (Lipinski definition) is 3. The molecule has 0 radical (unpaired) electrons. The summed E-state index contributed by atoms with van der Waals surface area (Å²) in [7, 11) is 1.56. The van der Waals surface area contributed by atoms with Crippen molar-refractivity contribution in [1.29, 1.82) is 0 Å². The largest absolute Gasteiger partial charge is 0.497 e. The van der Waals surface area contributed by atoms with Gasteiger partial charge in [-0.3, -0.25) is 4.79 Å². The van der Waals surface area contributed by atoms with Crippen LogP contribution in [0, 0.1) is 0 Å². The molecular weight excluding hydrogens is 427 g/mol. The summed E-state index contributed by atoms with van der Waals surface area (Å²) >= 11 is 4.60. The van der Waals surface area contributed by atoms with Gasteiger partial charge in [-0.15, -0.1) is 0 Å². The van der Waals surface area contributed by atoms with Gasteiger partial charge in [-0.25, -0.2) is 0 Å². The molecule has 2 aromatic carbocycles. The van der Waals surface area contributed by atoms with Crippen molar-refractivity contribution in [3.8, 4) is 11.4 Å². The molecule has 0 saturated heterocycles. The van der Waals surface area contributed by atoms with Crippen molar-refractivity contribution in [2.75, 3.05) is 12.4 Å². The lowest BCUT2D eigenvalue weighted by Crippen LogP contribution is -2.30. The molecule has 0 bridgehead atoms. The highest BCUT2D eigenvalue weighted by molar-refractivity contribution is 7.80. The van der Waals surface area contributed by atoms with E-state index < -0.39 is 17.6 Å². The Balaban J connectivity index is 1.76. The lowest BCUT2D eigenvalue weighted by Gasteiger charge is -2.08.